The van der Waals surface area contributed by atoms with Crippen molar-refractivity contribution in [1.29, 1.82) is 0 Å². The van der Waals surface area contributed by atoms with E-state index in [1.165, 1.54) is 0 Å². The maximum absolute atomic E-state index is 9.99. The van der Waals surface area contributed by atoms with Gasteiger partial charge in [0.05, 0.1) is 24.4 Å². The molecule has 7 heteroatoms. The van der Waals surface area contributed by atoms with E-state index in [1.807, 2.05) is 121 Å². The van der Waals surface area contributed by atoms with Crippen molar-refractivity contribution >= 4 is 0 Å². The zero-order valence-electron chi connectivity index (χ0n) is 25.6. The van der Waals surface area contributed by atoms with Gasteiger partial charge in [0.1, 0.15) is 0 Å². The number of hydrogen-bond donors (Lipinski definition) is 6. The van der Waals surface area contributed by atoms with Gasteiger partial charge in [0, 0.05) is 46.8 Å². The van der Waals surface area contributed by atoms with Gasteiger partial charge in [0.2, 0.25) is 0 Å². The van der Waals surface area contributed by atoms with E-state index < -0.39 is 24.4 Å². The molecule has 0 radical (unpaired) electrons. The molecule has 0 aliphatic rings. The molecule has 6 N–H and O–H groups in total. The predicted octanol–water partition coefficient (Wildman–Crippen LogP) is 6.46. The standard InChI is InChI=1S/2C15H16O2.2C3H8O.Ti/c2*16-14(12-7-3-1-4-8-12)11-15(17)13-9-5-2-6-10-13;2*1-3(2)4;/h2*1-10,14-17H,11H2;2*3-4H,1-2H3;. The Morgan fingerprint density at radius 2 is 0.488 bits per heavy atom. The minimum absolute atomic E-state index is 0. The zero-order valence-corrected chi connectivity index (χ0v) is 27.2. The van der Waals surface area contributed by atoms with Crippen LogP contribution in [-0.2, 0) is 21.7 Å². The normalized spacial score (nSPS) is 12.9. The molecule has 0 aliphatic carbocycles. The van der Waals surface area contributed by atoms with E-state index in [0.717, 1.165) is 22.3 Å². The molecule has 4 atom stereocenters. The summed E-state index contributed by atoms with van der Waals surface area (Å²) in [6.07, 6.45) is -2.24. The van der Waals surface area contributed by atoms with E-state index in [2.05, 4.69) is 0 Å². The van der Waals surface area contributed by atoms with Gasteiger partial charge in [-0.25, -0.2) is 0 Å². The molecule has 6 nitrogen and oxygen atoms in total. The fraction of sp³-hybridized carbons (Fsp3) is 0.333. The van der Waals surface area contributed by atoms with Gasteiger partial charge in [-0.15, -0.1) is 0 Å². The van der Waals surface area contributed by atoms with Crippen LogP contribution in [0.15, 0.2) is 121 Å². The van der Waals surface area contributed by atoms with Crippen LogP contribution >= 0.6 is 0 Å². The van der Waals surface area contributed by atoms with E-state index in [-0.39, 0.29) is 33.9 Å². The monoisotopic (exact) mass is 624 g/mol. The summed E-state index contributed by atoms with van der Waals surface area (Å²) in [5.74, 6) is 0. The third-order valence-electron chi connectivity index (χ3n) is 5.63. The van der Waals surface area contributed by atoms with Gasteiger partial charge in [-0.1, -0.05) is 121 Å². The molecule has 232 valence electrons. The van der Waals surface area contributed by atoms with Crippen LogP contribution in [0.1, 0.15) is 87.2 Å². The molecule has 4 aromatic rings. The van der Waals surface area contributed by atoms with Gasteiger partial charge in [-0.2, -0.15) is 0 Å². The van der Waals surface area contributed by atoms with E-state index in [9.17, 15) is 20.4 Å². The van der Waals surface area contributed by atoms with Crippen LogP contribution in [-0.4, -0.2) is 42.8 Å². The van der Waals surface area contributed by atoms with Crippen molar-refractivity contribution in [3.63, 3.8) is 0 Å². The molecule has 0 bridgehead atoms. The molecule has 0 saturated carbocycles. The van der Waals surface area contributed by atoms with Crippen LogP contribution in [0, 0.1) is 0 Å². The first kappa shape index (κ1) is 40.4. The van der Waals surface area contributed by atoms with Gasteiger partial charge in [0.15, 0.2) is 0 Å². The second-order valence-electron chi connectivity index (χ2n) is 10.4. The summed E-state index contributed by atoms with van der Waals surface area (Å²) in [6, 6.07) is 37.6. The van der Waals surface area contributed by atoms with E-state index in [0.29, 0.717) is 12.8 Å². The van der Waals surface area contributed by atoms with Crippen molar-refractivity contribution in [2.24, 2.45) is 0 Å². The largest absolute Gasteiger partial charge is 0.394 e. The Labute approximate surface area is 272 Å². The SMILES string of the molecule is CC(C)O.CC(C)O.OC(CC(O)c1ccccc1)c1ccccc1.OC(CC(O)c1ccccc1)c1ccccc1.[Ti]. The first-order valence-corrected chi connectivity index (χ1v) is 14.3. The molecule has 4 unspecified atom stereocenters. The molecule has 0 fully saturated rings. The zero-order chi connectivity index (χ0) is 31.3. The maximum atomic E-state index is 9.99. The average Bonchev–Trinajstić information content (AvgIpc) is 2.98. The first-order valence-electron chi connectivity index (χ1n) is 14.3. The van der Waals surface area contributed by atoms with E-state index in [1.54, 1.807) is 27.7 Å². The van der Waals surface area contributed by atoms with Gasteiger partial charge >= 0.3 is 0 Å². The Kier molecular flexibility index (Phi) is 22.3. The second-order valence-corrected chi connectivity index (χ2v) is 10.4. The van der Waals surface area contributed by atoms with Crippen molar-refractivity contribution < 1.29 is 52.4 Å². The Hall–Kier alpha value is -2.65. The molecule has 4 aromatic carbocycles. The Balaban J connectivity index is 0.000000646. The van der Waals surface area contributed by atoms with Crippen molar-refractivity contribution in [2.45, 2.75) is 77.2 Å². The molecular weight excluding hydrogens is 576 g/mol. The summed E-state index contributed by atoms with van der Waals surface area (Å²) >= 11 is 0. The summed E-state index contributed by atoms with van der Waals surface area (Å²) in [6.45, 7) is 6.89. The first-order chi connectivity index (χ1) is 20.0. The van der Waals surface area contributed by atoms with Crippen molar-refractivity contribution in [3.05, 3.63) is 144 Å². The van der Waals surface area contributed by atoms with Crippen molar-refractivity contribution in [1.82, 2.24) is 0 Å². The van der Waals surface area contributed by atoms with Gasteiger partial charge in [-0.05, 0) is 49.9 Å². The molecule has 0 saturated heterocycles. The molecule has 0 aliphatic heterocycles. The molecule has 43 heavy (non-hydrogen) atoms. The van der Waals surface area contributed by atoms with Crippen LogP contribution in [0.3, 0.4) is 0 Å². The fourth-order valence-electron chi connectivity index (χ4n) is 3.67. The summed E-state index contributed by atoms with van der Waals surface area (Å²) in [5.41, 5.74) is 3.34. The molecular formula is C36H48O6Ti. The number of aliphatic hydroxyl groups is 6. The van der Waals surface area contributed by atoms with Crippen LogP contribution in [0.4, 0.5) is 0 Å². The molecule has 0 spiro atoms. The molecule has 0 aromatic heterocycles. The second kappa shape index (κ2) is 23.8. The summed E-state index contributed by atoms with van der Waals surface area (Å²) in [5, 5.41) is 56.1. The quantitative estimate of drug-likeness (QED) is 0.125. The van der Waals surface area contributed by atoms with Crippen molar-refractivity contribution in [2.75, 3.05) is 0 Å². The van der Waals surface area contributed by atoms with Crippen LogP contribution in [0.25, 0.3) is 0 Å². The predicted molar refractivity (Wildman–Crippen MR) is 170 cm³/mol. The number of rotatable bonds is 8. The van der Waals surface area contributed by atoms with Gasteiger partial charge in [-0.3, -0.25) is 0 Å². The average molecular weight is 625 g/mol. The minimum Gasteiger partial charge on any atom is -0.394 e. The Bertz CT molecular complexity index is 974. The van der Waals surface area contributed by atoms with Crippen LogP contribution in [0.2, 0.25) is 0 Å². The summed E-state index contributed by atoms with van der Waals surface area (Å²) in [7, 11) is 0. The topological polar surface area (TPSA) is 121 Å². The van der Waals surface area contributed by atoms with Crippen LogP contribution in [0.5, 0.6) is 0 Å². The number of aliphatic hydroxyl groups excluding tert-OH is 6. The van der Waals surface area contributed by atoms with E-state index in [4.69, 9.17) is 10.2 Å². The van der Waals surface area contributed by atoms with Gasteiger partial charge < -0.3 is 30.6 Å². The Morgan fingerprint density at radius 3 is 0.628 bits per heavy atom. The van der Waals surface area contributed by atoms with Crippen molar-refractivity contribution in [3.8, 4) is 0 Å². The maximum Gasteiger partial charge on any atom is 0.0818 e. The fourth-order valence-corrected chi connectivity index (χ4v) is 3.67. The molecule has 0 heterocycles. The number of benzene rings is 4. The Morgan fingerprint density at radius 1 is 0.349 bits per heavy atom. The molecule has 4 rings (SSSR count). The third-order valence-corrected chi connectivity index (χ3v) is 5.63. The van der Waals surface area contributed by atoms with Crippen LogP contribution < -0.4 is 0 Å². The van der Waals surface area contributed by atoms with E-state index >= 15 is 0 Å². The van der Waals surface area contributed by atoms with Gasteiger partial charge in [0.25, 0.3) is 0 Å². The third kappa shape index (κ3) is 19.3. The number of hydrogen-bond acceptors (Lipinski definition) is 6. The molecule has 0 amide bonds. The summed E-state index contributed by atoms with van der Waals surface area (Å²) < 4.78 is 0. The smallest absolute Gasteiger partial charge is 0.0818 e. The summed E-state index contributed by atoms with van der Waals surface area (Å²) in [4.78, 5) is 0. The minimum atomic E-state index is -0.633.